The van der Waals surface area contributed by atoms with E-state index in [1.165, 1.54) is 0 Å². The van der Waals surface area contributed by atoms with Gasteiger partial charge in [0.2, 0.25) is 11.8 Å². The Morgan fingerprint density at radius 2 is 1.68 bits per heavy atom. The monoisotopic (exact) mass is 558 g/mol. The summed E-state index contributed by atoms with van der Waals surface area (Å²) in [5, 5.41) is 11.1. The van der Waals surface area contributed by atoms with Gasteiger partial charge in [0, 0.05) is 32.6 Å². The molecule has 0 bridgehead atoms. The first-order valence-electron chi connectivity index (χ1n) is 14.9. The molecule has 0 unspecified atom stereocenters. The number of carbonyl (C=O) groups is 3. The van der Waals surface area contributed by atoms with E-state index in [2.05, 4.69) is 33.8 Å². The Morgan fingerprint density at radius 1 is 0.927 bits per heavy atom. The molecule has 3 aromatic carbocycles. The Kier molecular flexibility index (Phi) is 10.7. The second-order valence-corrected chi connectivity index (χ2v) is 11.1. The fraction of sp³-hybridized carbons (Fsp3) is 0.424. The van der Waals surface area contributed by atoms with Crippen LogP contribution in [0.25, 0.3) is 10.8 Å². The second-order valence-electron chi connectivity index (χ2n) is 11.1. The molecule has 1 heterocycles. The number of amides is 4. The van der Waals surface area contributed by atoms with E-state index in [0.29, 0.717) is 45.4 Å². The Hall–Kier alpha value is -3.91. The maximum absolute atomic E-state index is 14.1. The molecule has 218 valence electrons. The van der Waals surface area contributed by atoms with Gasteiger partial charge in [0.1, 0.15) is 6.04 Å². The van der Waals surface area contributed by atoms with Crippen molar-refractivity contribution in [2.45, 2.75) is 51.5 Å². The van der Waals surface area contributed by atoms with Crippen LogP contribution in [-0.2, 0) is 22.4 Å². The predicted octanol–water partition coefficient (Wildman–Crippen LogP) is 3.06. The van der Waals surface area contributed by atoms with Crippen molar-refractivity contribution in [1.82, 2.24) is 20.9 Å². The first-order chi connectivity index (χ1) is 19.9. The van der Waals surface area contributed by atoms with Crippen LogP contribution in [0, 0.1) is 5.41 Å². The van der Waals surface area contributed by atoms with Gasteiger partial charge in [0.25, 0.3) is 0 Å². The van der Waals surface area contributed by atoms with Gasteiger partial charge in [-0.15, -0.1) is 0 Å². The highest BCUT2D eigenvalue weighted by molar-refractivity contribution is 5.89. The van der Waals surface area contributed by atoms with Crippen molar-refractivity contribution in [1.29, 1.82) is 0 Å². The van der Waals surface area contributed by atoms with Crippen molar-refractivity contribution in [2.24, 2.45) is 5.41 Å². The van der Waals surface area contributed by atoms with Gasteiger partial charge in [-0.1, -0.05) is 72.8 Å². The minimum Gasteiger partial charge on any atom is -0.358 e. The molecule has 1 fully saturated rings. The van der Waals surface area contributed by atoms with Crippen LogP contribution in [0.2, 0.25) is 0 Å². The minimum atomic E-state index is -0.759. The number of nitrogens with one attached hydrogen (secondary N) is 3. The summed E-state index contributed by atoms with van der Waals surface area (Å²) in [5.74, 6) is -0.184. The third-order valence-corrected chi connectivity index (χ3v) is 7.91. The van der Waals surface area contributed by atoms with E-state index < -0.39 is 11.5 Å². The number of unbranched alkanes of at least 4 members (excludes halogenated alkanes) is 1. The number of quaternary nitrogens is 1. The molecular weight excluding hydrogens is 514 g/mol. The molecule has 1 aliphatic rings. The first-order valence-corrected chi connectivity index (χ1v) is 14.9. The van der Waals surface area contributed by atoms with Gasteiger partial charge in [-0.05, 0) is 60.9 Å². The van der Waals surface area contributed by atoms with Gasteiger partial charge in [0.05, 0.1) is 12.0 Å². The fourth-order valence-corrected chi connectivity index (χ4v) is 5.80. The summed E-state index contributed by atoms with van der Waals surface area (Å²) >= 11 is 0. The molecule has 0 saturated carbocycles. The molecule has 4 rings (SSSR count). The van der Waals surface area contributed by atoms with E-state index in [-0.39, 0.29) is 17.8 Å². The minimum absolute atomic E-state index is 0.0245. The van der Waals surface area contributed by atoms with Gasteiger partial charge in [-0.2, -0.15) is 0 Å². The number of nitrogens with zero attached hydrogens (tertiary/aromatic N) is 1. The normalized spacial score (nSPS) is 17.6. The highest BCUT2D eigenvalue weighted by Crippen LogP contribution is 2.35. The molecule has 6 N–H and O–H groups in total. The van der Waals surface area contributed by atoms with Gasteiger partial charge in [0.15, 0.2) is 0 Å². The lowest BCUT2D eigenvalue weighted by atomic mass is 9.74. The molecule has 4 amide bonds. The fourth-order valence-electron chi connectivity index (χ4n) is 5.80. The number of fused-ring (bicyclic) bond motifs is 1. The van der Waals surface area contributed by atoms with E-state index in [4.69, 9.17) is 0 Å². The molecule has 3 aromatic rings. The van der Waals surface area contributed by atoms with Gasteiger partial charge in [-0.3, -0.25) is 9.59 Å². The topological polar surface area (TPSA) is 118 Å². The molecular formula is C33H44N5O3+. The van der Waals surface area contributed by atoms with E-state index in [1.807, 2.05) is 67.6 Å². The van der Waals surface area contributed by atoms with Crippen molar-refractivity contribution < 1.29 is 20.1 Å². The van der Waals surface area contributed by atoms with Crippen LogP contribution in [-0.4, -0.2) is 61.5 Å². The van der Waals surface area contributed by atoms with Gasteiger partial charge < -0.3 is 26.6 Å². The molecule has 8 nitrogen and oxygen atoms in total. The standard InChI is InChI=1S/C33H43N5O3/c1-2-35-31(40)33(23-25-11-4-3-5-12-25)17-10-20-38(24-33)30(39)29(37-32(41)36-19-9-8-18-34)22-26-15-16-27-13-6-7-14-28(27)21-26/h3-7,11-16,21,29H,2,8-10,17-20,22-24,34H2,1H3,(H,35,40)(H2,36,37,41)/p+1/t29-,33+/m1/s1. The number of carbonyl (C=O) groups excluding carboxylic acids is 3. The zero-order valence-electron chi connectivity index (χ0n) is 24.2. The van der Waals surface area contributed by atoms with Crippen LogP contribution in [0.4, 0.5) is 4.79 Å². The lowest BCUT2D eigenvalue weighted by Crippen LogP contribution is -2.59. The summed E-state index contributed by atoms with van der Waals surface area (Å²) in [6, 6.07) is 23.1. The number of piperidine rings is 1. The highest BCUT2D eigenvalue weighted by Gasteiger charge is 2.44. The zero-order valence-corrected chi connectivity index (χ0v) is 24.2. The summed E-state index contributed by atoms with van der Waals surface area (Å²) in [5.41, 5.74) is 5.16. The smallest absolute Gasteiger partial charge is 0.315 e. The molecule has 2 atom stereocenters. The van der Waals surface area contributed by atoms with Gasteiger partial charge >= 0.3 is 6.03 Å². The number of rotatable bonds is 12. The van der Waals surface area contributed by atoms with Gasteiger partial charge in [-0.25, -0.2) is 4.79 Å². The quantitative estimate of drug-likeness (QED) is 0.256. The highest BCUT2D eigenvalue weighted by atomic mass is 16.2. The Bertz CT molecular complexity index is 1310. The van der Waals surface area contributed by atoms with Crippen LogP contribution in [0.1, 0.15) is 43.7 Å². The Morgan fingerprint density at radius 3 is 2.44 bits per heavy atom. The molecule has 0 spiro atoms. The third-order valence-electron chi connectivity index (χ3n) is 7.91. The molecule has 1 saturated heterocycles. The van der Waals surface area contributed by atoms with Crippen LogP contribution >= 0.6 is 0 Å². The molecule has 0 aromatic heterocycles. The van der Waals surface area contributed by atoms with Crippen molar-refractivity contribution in [2.75, 3.05) is 32.7 Å². The van der Waals surface area contributed by atoms with Crippen molar-refractivity contribution in [3.8, 4) is 0 Å². The van der Waals surface area contributed by atoms with Crippen LogP contribution in [0.15, 0.2) is 72.8 Å². The Labute approximate surface area is 243 Å². The predicted molar refractivity (Wildman–Crippen MR) is 162 cm³/mol. The average molecular weight is 559 g/mol. The zero-order chi connectivity index (χ0) is 29.1. The lowest BCUT2D eigenvalue weighted by Gasteiger charge is -2.43. The summed E-state index contributed by atoms with van der Waals surface area (Å²) in [6.45, 7) is 4.66. The summed E-state index contributed by atoms with van der Waals surface area (Å²) in [6.07, 6.45) is 4.10. The third kappa shape index (κ3) is 8.07. The summed E-state index contributed by atoms with van der Waals surface area (Å²) in [4.78, 5) is 42.3. The molecule has 41 heavy (non-hydrogen) atoms. The first kappa shape index (κ1) is 30.1. The van der Waals surface area contributed by atoms with Crippen LogP contribution in [0.5, 0.6) is 0 Å². The summed E-state index contributed by atoms with van der Waals surface area (Å²) in [7, 11) is 0. The van der Waals surface area contributed by atoms with Crippen LogP contribution in [0.3, 0.4) is 0 Å². The second kappa shape index (κ2) is 14.6. The molecule has 0 aliphatic carbocycles. The number of likely N-dealkylation sites (tertiary alicyclic amines) is 1. The molecule has 8 heteroatoms. The van der Waals surface area contributed by atoms with E-state index in [1.54, 1.807) is 4.90 Å². The van der Waals surface area contributed by atoms with Crippen LogP contribution < -0.4 is 21.7 Å². The van der Waals surface area contributed by atoms with E-state index in [0.717, 1.165) is 47.7 Å². The molecule has 1 aliphatic heterocycles. The molecule has 0 radical (unpaired) electrons. The Balaban J connectivity index is 1.57. The number of hydrogen-bond donors (Lipinski definition) is 4. The number of urea groups is 1. The lowest BCUT2D eigenvalue weighted by molar-refractivity contribution is -0.368. The SMILES string of the molecule is CCNC(=O)[C@]1(Cc2ccccc2)CCCN(C(=O)[C@@H](Cc2ccc3ccccc3c2)NC(=O)NCCCC[NH3+])C1. The number of hydrogen-bond acceptors (Lipinski definition) is 3. The maximum atomic E-state index is 14.1. The van der Waals surface area contributed by atoms with Crippen molar-refractivity contribution in [3.63, 3.8) is 0 Å². The van der Waals surface area contributed by atoms with Crippen molar-refractivity contribution >= 4 is 28.6 Å². The summed E-state index contributed by atoms with van der Waals surface area (Å²) < 4.78 is 0. The maximum Gasteiger partial charge on any atom is 0.315 e. The largest absolute Gasteiger partial charge is 0.358 e. The number of benzene rings is 3. The van der Waals surface area contributed by atoms with E-state index in [9.17, 15) is 14.4 Å². The van der Waals surface area contributed by atoms with Crippen molar-refractivity contribution in [3.05, 3.63) is 83.9 Å². The average Bonchev–Trinajstić information content (AvgIpc) is 2.99. The van der Waals surface area contributed by atoms with E-state index >= 15 is 0 Å².